The number of ether oxygens (including phenoxy) is 3. The molecule has 2 N–H and O–H groups in total. The summed E-state index contributed by atoms with van der Waals surface area (Å²) in [6, 6.07) is 13.8. The van der Waals surface area contributed by atoms with Crippen molar-refractivity contribution in [3.05, 3.63) is 54.2 Å². The Morgan fingerprint density at radius 3 is 2.44 bits per heavy atom. The van der Waals surface area contributed by atoms with Gasteiger partial charge in [-0.25, -0.2) is 4.68 Å². The third-order valence-corrected chi connectivity index (χ3v) is 5.18. The summed E-state index contributed by atoms with van der Waals surface area (Å²) in [6.07, 6.45) is -0.0394. The second-order valence-electron chi connectivity index (χ2n) is 7.27. The number of carbonyl (C=O) groups is 2. The normalized spacial score (nSPS) is 15.0. The van der Waals surface area contributed by atoms with Gasteiger partial charge in [-0.2, -0.15) is 5.10 Å². The molecule has 0 bridgehead atoms. The lowest BCUT2D eigenvalue weighted by molar-refractivity contribution is -0.125. The Balaban J connectivity index is 1.72. The molecule has 2 heterocycles. The van der Waals surface area contributed by atoms with E-state index in [0.717, 1.165) is 11.1 Å². The average Bonchev–Trinajstić information content (AvgIpc) is 3.16. The molecule has 166 valence electrons. The van der Waals surface area contributed by atoms with Gasteiger partial charge in [-0.15, -0.1) is 0 Å². The van der Waals surface area contributed by atoms with Crippen molar-refractivity contribution >= 4 is 23.3 Å². The van der Waals surface area contributed by atoms with Crippen molar-refractivity contribution < 1.29 is 23.8 Å². The summed E-state index contributed by atoms with van der Waals surface area (Å²) in [6.45, 7) is 0.238. The summed E-state index contributed by atoms with van der Waals surface area (Å²) < 4.78 is 17.4. The Morgan fingerprint density at radius 2 is 1.81 bits per heavy atom. The van der Waals surface area contributed by atoms with Crippen LogP contribution in [0.3, 0.4) is 0 Å². The van der Waals surface area contributed by atoms with Gasteiger partial charge in [0.1, 0.15) is 23.4 Å². The average molecular weight is 436 g/mol. The van der Waals surface area contributed by atoms with E-state index in [1.165, 1.54) is 14.2 Å². The van der Waals surface area contributed by atoms with Crippen LogP contribution in [0.15, 0.2) is 48.5 Å². The lowest BCUT2D eigenvalue weighted by atomic mass is 10.0. The van der Waals surface area contributed by atoms with Crippen molar-refractivity contribution in [2.24, 2.45) is 0 Å². The minimum atomic E-state index is -0.830. The molecular formula is C23H24N4O5. The van der Waals surface area contributed by atoms with Crippen molar-refractivity contribution in [2.45, 2.75) is 19.1 Å². The van der Waals surface area contributed by atoms with Gasteiger partial charge in [-0.05, 0) is 5.56 Å². The molecule has 3 aromatic rings. The minimum absolute atomic E-state index is 0.0394. The van der Waals surface area contributed by atoms with Gasteiger partial charge in [-0.1, -0.05) is 30.3 Å². The second kappa shape index (κ2) is 9.11. The number of nitrogens with one attached hydrogen (secondary N) is 2. The van der Waals surface area contributed by atoms with Gasteiger partial charge in [0.25, 0.3) is 0 Å². The van der Waals surface area contributed by atoms with E-state index < -0.39 is 6.04 Å². The number of nitrogens with zero attached hydrogens (tertiary/aromatic N) is 2. The van der Waals surface area contributed by atoms with Gasteiger partial charge in [0, 0.05) is 36.6 Å². The van der Waals surface area contributed by atoms with Crippen LogP contribution < -0.4 is 20.1 Å². The van der Waals surface area contributed by atoms with Gasteiger partial charge in [0.2, 0.25) is 11.8 Å². The lowest BCUT2D eigenvalue weighted by Gasteiger charge is -2.24. The maximum Gasteiger partial charge on any atom is 0.249 e. The number of fused-ring (bicyclic) bond motifs is 1. The summed E-state index contributed by atoms with van der Waals surface area (Å²) in [7, 11) is 4.64. The first-order valence-corrected chi connectivity index (χ1v) is 10.0. The smallest absolute Gasteiger partial charge is 0.249 e. The summed E-state index contributed by atoms with van der Waals surface area (Å²) in [5.41, 5.74) is 2.74. The number of hydrogen-bond donors (Lipinski definition) is 2. The van der Waals surface area contributed by atoms with Gasteiger partial charge < -0.3 is 24.8 Å². The Hall–Kier alpha value is -3.85. The summed E-state index contributed by atoms with van der Waals surface area (Å²) in [5.74, 6) is 0.913. The number of methoxy groups -OCH3 is 3. The fourth-order valence-electron chi connectivity index (χ4n) is 3.73. The van der Waals surface area contributed by atoms with E-state index in [4.69, 9.17) is 14.2 Å². The number of anilines is 2. The molecule has 9 heteroatoms. The highest BCUT2D eigenvalue weighted by Gasteiger charge is 2.35. The zero-order valence-corrected chi connectivity index (χ0v) is 18.0. The molecule has 9 nitrogen and oxygen atoms in total. The van der Waals surface area contributed by atoms with Gasteiger partial charge in [0.15, 0.2) is 0 Å². The van der Waals surface area contributed by atoms with Crippen LogP contribution in [0.4, 0.5) is 11.5 Å². The number of rotatable bonds is 7. The second-order valence-corrected chi connectivity index (χ2v) is 7.27. The molecular weight excluding hydrogens is 412 g/mol. The standard InChI is InChI=1S/C23H24N4O5/c1-30-13-18-21(14-7-5-4-6-8-14)22-25-20(28)12-19(27(22)26-18)23(29)24-15-9-16(31-2)11-17(10-15)32-3/h4-11,19H,12-13H2,1-3H3,(H,24,29)(H,25,28)/t19-/m1/s1. The zero-order chi connectivity index (χ0) is 22.7. The molecule has 0 aliphatic carbocycles. The molecule has 4 rings (SSSR count). The first kappa shape index (κ1) is 21.4. The maximum absolute atomic E-state index is 13.2. The topological polar surface area (TPSA) is 104 Å². The molecule has 2 aromatic carbocycles. The Bertz CT molecular complexity index is 1120. The van der Waals surface area contributed by atoms with Crippen molar-refractivity contribution in [3.8, 4) is 22.6 Å². The van der Waals surface area contributed by atoms with Crippen LogP contribution in [0.25, 0.3) is 11.1 Å². The number of amides is 2. The van der Waals surface area contributed by atoms with Crippen LogP contribution in [0.2, 0.25) is 0 Å². The highest BCUT2D eigenvalue weighted by molar-refractivity contribution is 6.03. The molecule has 0 radical (unpaired) electrons. The van der Waals surface area contributed by atoms with Gasteiger partial charge >= 0.3 is 0 Å². The third-order valence-electron chi connectivity index (χ3n) is 5.18. The Morgan fingerprint density at radius 1 is 1.12 bits per heavy atom. The quantitative estimate of drug-likeness (QED) is 0.589. The highest BCUT2D eigenvalue weighted by Crippen LogP contribution is 2.38. The van der Waals surface area contributed by atoms with E-state index in [0.29, 0.717) is 28.7 Å². The van der Waals surface area contributed by atoms with E-state index in [2.05, 4.69) is 15.7 Å². The van der Waals surface area contributed by atoms with E-state index >= 15 is 0 Å². The molecule has 1 aliphatic heterocycles. The van der Waals surface area contributed by atoms with Gasteiger partial charge in [0.05, 0.1) is 32.9 Å². The van der Waals surface area contributed by atoms with E-state index in [1.807, 2.05) is 30.3 Å². The van der Waals surface area contributed by atoms with Crippen LogP contribution >= 0.6 is 0 Å². The highest BCUT2D eigenvalue weighted by atomic mass is 16.5. The molecule has 0 unspecified atom stereocenters. The SMILES string of the molecule is COCc1nn2c(c1-c1ccccc1)NC(=O)C[C@@H]2C(=O)Nc1cc(OC)cc(OC)c1. The summed E-state index contributed by atoms with van der Waals surface area (Å²) >= 11 is 0. The van der Waals surface area contributed by atoms with Gasteiger partial charge in [-0.3, -0.25) is 9.59 Å². The Kier molecular flexibility index (Phi) is 6.09. The molecule has 1 atom stereocenters. The molecule has 0 spiro atoms. The number of aromatic nitrogens is 2. The third kappa shape index (κ3) is 4.15. The summed E-state index contributed by atoms with van der Waals surface area (Å²) in [4.78, 5) is 25.8. The summed E-state index contributed by atoms with van der Waals surface area (Å²) in [5, 5.41) is 10.4. The molecule has 32 heavy (non-hydrogen) atoms. The minimum Gasteiger partial charge on any atom is -0.497 e. The van der Waals surface area contributed by atoms with Crippen molar-refractivity contribution in [1.29, 1.82) is 0 Å². The monoisotopic (exact) mass is 436 g/mol. The van der Waals surface area contributed by atoms with Crippen LogP contribution in [0.5, 0.6) is 11.5 Å². The fraction of sp³-hybridized carbons (Fsp3) is 0.261. The first-order valence-electron chi connectivity index (χ1n) is 10.0. The zero-order valence-electron chi connectivity index (χ0n) is 18.0. The first-order chi connectivity index (χ1) is 15.5. The van der Waals surface area contributed by atoms with Crippen LogP contribution in [0, 0.1) is 0 Å². The molecule has 0 fully saturated rings. The van der Waals surface area contributed by atoms with Crippen LogP contribution in [0.1, 0.15) is 18.2 Å². The number of carbonyl (C=O) groups excluding carboxylic acids is 2. The number of benzene rings is 2. The van der Waals surface area contributed by atoms with Crippen molar-refractivity contribution in [3.63, 3.8) is 0 Å². The molecule has 0 saturated heterocycles. The van der Waals surface area contributed by atoms with Crippen LogP contribution in [-0.2, 0) is 20.9 Å². The lowest BCUT2D eigenvalue weighted by Crippen LogP contribution is -2.35. The van der Waals surface area contributed by atoms with E-state index in [9.17, 15) is 9.59 Å². The number of hydrogen-bond acceptors (Lipinski definition) is 6. The van der Waals surface area contributed by atoms with E-state index in [-0.39, 0.29) is 24.8 Å². The van der Waals surface area contributed by atoms with Crippen LogP contribution in [-0.4, -0.2) is 42.9 Å². The Labute approximate surface area is 185 Å². The predicted molar refractivity (Wildman–Crippen MR) is 119 cm³/mol. The maximum atomic E-state index is 13.2. The van der Waals surface area contributed by atoms with Crippen molar-refractivity contribution in [2.75, 3.05) is 32.0 Å². The largest absolute Gasteiger partial charge is 0.497 e. The fourth-order valence-corrected chi connectivity index (χ4v) is 3.73. The molecule has 1 aromatic heterocycles. The molecule has 1 aliphatic rings. The van der Waals surface area contributed by atoms with E-state index in [1.54, 1.807) is 30.0 Å². The molecule has 2 amide bonds. The molecule has 0 saturated carbocycles. The predicted octanol–water partition coefficient (Wildman–Crippen LogP) is 3.24. The van der Waals surface area contributed by atoms with Crippen molar-refractivity contribution in [1.82, 2.24) is 9.78 Å².